The van der Waals surface area contributed by atoms with E-state index in [0.717, 1.165) is 19.3 Å². The lowest BCUT2D eigenvalue weighted by Crippen LogP contribution is -2.20. The van der Waals surface area contributed by atoms with Gasteiger partial charge in [-0.1, -0.05) is 12.1 Å². The monoisotopic (exact) mass is 358 g/mol. The normalized spacial score (nSPS) is 14.0. The first-order valence-corrected chi connectivity index (χ1v) is 9.86. The van der Waals surface area contributed by atoms with E-state index in [1.165, 1.54) is 30.7 Å². The van der Waals surface area contributed by atoms with Gasteiger partial charge in [0.25, 0.3) is 5.91 Å². The quantitative estimate of drug-likeness (QED) is 0.882. The molecule has 0 heterocycles. The molecule has 0 saturated heterocycles. The second-order valence-electron chi connectivity index (χ2n) is 6.33. The number of aryl methyl sites for hydroxylation is 3. The van der Waals surface area contributed by atoms with E-state index in [1.807, 2.05) is 18.2 Å². The molecule has 0 saturated carbocycles. The van der Waals surface area contributed by atoms with E-state index in [2.05, 4.69) is 10.0 Å². The van der Waals surface area contributed by atoms with Gasteiger partial charge in [0.2, 0.25) is 10.0 Å². The minimum Gasteiger partial charge on any atom is -0.322 e. The average molecular weight is 358 g/mol. The van der Waals surface area contributed by atoms with E-state index in [4.69, 9.17) is 0 Å². The van der Waals surface area contributed by atoms with Crippen LogP contribution in [-0.4, -0.2) is 21.4 Å². The third kappa shape index (κ3) is 3.75. The van der Waals surface area contributed by atoms with E-state index in [9.17, 15) is 13.2 Å². The summed E-state index contributed by atoms with van der Waals surface area (Å²) < 4.78 is 26.4. The number of benzene rings is 2. The number of fused-ring (bicyclic) bond motifs is 1. The smallest absolute Gasteiger partial charge is 0.255 e. The number of sulfonamides is 1. The van der Waals surface area contributed by atoms with Crippen LogP contribution in [0.1, 0.15) is 39.9 Å². The minimum absolute atomic E-state index is 0.165. The zero-order chi connectivity index (χ0) is 18.0. The first kappa shape index (κ1) is 17.6. The van der Waals surface area contributed by atoms with Gasteiger partial charge < -0.3 is 5.32 Å². The standard InChI is InChI=1S/C19H22N2O3S/c1-13-7-10-17(12-18(13)25(23,24)20-2)21-19(22)16-9-8-14-5-3-4-6-15(14)11-16/h7-12,20H,3-6H2,1-2H3,(H,21,22). The Kier molecular flexibility index (Phi) is 4.92. The Morgan fingerprint density at radius 3 is 2.44 bits per heavy atom. The maximum atomic E-state index is 12.5. The summed E-state index contributed by atoms with van der Waals surface area (Å²) in [6.07, 6.45) is 4.43. The van der Waals surface area contributed by atoms with Crippen LogP contribution in [0.4, 0.5) is 5.69 Å². The fraction of sp³-hybridized carbons (Fsp3) is 0.316. The van der Waals surface area contributed by atoms with Crippen molar-refractivity contribution in [2.24, 2.45) is 0 Å². The highest BCUT2D eigenvalue weighted by molar-refractivity contribution is 7.89. The molecule has 1 aliphatic rings. The summed E-state index contributed by atoms with van der Waals surface area (Å²) in [6, 6.07) is 10.7. The van der Waals surface area contributed by atoms with Crippen LogP contribution in [0.3, 0.4) is 0 Å². The molecule has 0 atom stereocenters. The molecule has 2 N–H and O–H groups in total. The Labute approximate surface area is 148 Å². The molecule has 2 aromatic rings. The van der Waals surface area contributed by atoms with Gasteiger partial charge in [-0.25, -0.2) is 13.1 Å². The van der Waals surface area contributed by atoms with Gasteiger partial charge in [-0.3, -0.25) is 4.79 Å². The Bertz CT molecular complexity index is 920. The van der Waals surface area contributed by atoms with Gasteiger partial charge in [-0.15, -0.1) is 0 Å². The summed E-state index contributed by atoms with van der Waals surface area (Å²) in [5.74, 6) is -0.231. The summed E-state index contributed by atoms with van der Waals surface area (Å²) >= 11 is 0. The van der Waals surface area contributed by atoms with Gasteiger partial charge in [0.1, 0.15) is 0 Å². The third-order valence-electron chi connectivity index (χ3n) is 4.61. The highest BCUT2D eigenvalue weighted by atomic mass is 32.2. The first-order valence-electron chi connectivity index (χ1n) is 8.38. The Morgan fingerprint density at radius 1 is 1.00 bits per heavy atom. The van der Waals surface area contributed by atoms with Gasteiger partial charge in [0.05, 0.1) is 4.90 Å². The summed E-state index contributed by atoms with van der Waals surface area (Å²) in [7, 11) is -2.20. The average Bonchev–Trinajstić information content (AvgIpc) is 2.62. The van der Waals surface area contributed by atoms with Crippen LogP contribution in [0.2, 0.25) is 0 Å². The number of amides is 1. The van der Waals surface area contributed by atoms with Crippen LogP contribution < -0.4 is 10.0 Å². The zero-order valence-electron chi connectivity index (χ0n) is 14.4. The van der Waals surface area contributed by atoms with Crippen molar-refractivity contribution in [1.29, 1.82) is 0 Å². The minimum atomic E-state index is -3.57. The molecule has 5 nitrogen and oxygen atoms in total. The predicted octanol–water partition coefficient (Wildman–Crippen LogP) is 3.03. The molecule has 3 rings (SSSR count). The van der Waals surface area contributed by atoms with E-state index >= 15 is 0 Å². The number of anilines is 1. The Morgan fingerprint density at radius 2 is 1.72 bits per heavy atom. The number of nitrogens with one attached hydrogen (secondary N) is 2. The molecule has 0 aromatic heterocycles. The Hall–Kier alpha value is -2.18. The molecule has 25 heavy (non-hydrogen) atoms. The number of rotatable bonds is 4. The van der Waals surface area contributed by atoms with Gasteiger partial charge in [0.15, 0.2) is 0 Å². The van der Waals surface area contributed by atoms with Crippen molar-refractivity contribution in [1.82, 2.24) is 4.72 Å². The highest BCUT2D eigenvalue weighted by Crippen LogP contribution is 2.24. The second kappa shape index (κ2) is 6.98. The fourth-order valence-electron chi connectivity index (χ4n) is 3.16. The van der Waals surface area contributed by atoms with Gasteiger partial charge in [0, 0.05) is 11.3 Å². The molecule has 1 amide bonds. The van der Waals surface area contributed by atoms with Crippen molar-refractivity contribution < 1.29 is 13.2 Å². The highest BCUT2D eigenvalue weighted by Gasteiger charge is 2.17. The van der Waals surface area contributed by atoms with E-state index in [1.54, 1.807) is 19.1 Å². The first-order chi connectivity index (χ1) is 11.9. The van der Waals surface area contributed by atoms with Crippen molar-refractivity contribution in [3.8, 4) is 0 Å². The molecule has 0 spiro atoms. The van der Waals surface area contributed by atoms with Crippen LogP contribution in [0.25, 0.3) is 0 Å². The van der Waals surface area contributed by atoms with Crippen LogP contribution in [0.15, 0.2) is 41.3 Å². The molecule has 0 bridgehead atoms. The zero-order valence-corrected chi connectivity index (χ0v) is 15.2. The topological polar surface area (TPSA) is 75.3 Å². The summed E-state index contributed by atoms with van der Waals surface area (Å²) in [5, 5.41) is 2.80. The lowest BCUT2D eigenvalue weighted by molar-refractivity contribution is 0.102. The van der Waals surface area contributed by atoms with E-state index in [-0.39, 0.29) is 10.8 Å². The summed E-state index contributed by atoms with van der Waals surface area (Å²) in [5.41, 5.74) is 4.24. The van der Waals surface area contributed by atoms with Crippen LogP contribution in [0.5, 0.6) is 0 Å². The predicted molar refractivity (Wildman–Crippen MR) is 98.5 cm³/mol. The molecule has 132 valence electrons. The van der Waals surface area contributed by atoms with Crippen molar-refractivity contribution in [3.05, 3.63) is 58.7 Å². The van der Waals surface area contributed by atoms with Crippen molar-refractivity contribution in [2.45, 2.75) is 37.5 Å². The summed E-state index contributed by atoms with van der Waals surface area (Å²) in [6.45, 7) is 1.72. The SMILES string of the molecule is CNS(=O)(=O)c1cc(NC(=O)c2ccc3c(c2)CCCC3)ccc1C. The maximum absolute atomic E-state index is 12.5. The molecule has 0 aliphatic heterocycles. The number of carbonyl (C=O) groups is 1. The Balaban J connectivity index is 1.85. The second-order valence-corrected chi connectivity index (χ2v) is 8.19. The number of carbonyl (C=O) groups excluding carboxylic acids is 1. The van der Waals surface area contributed by atoms with Crippen molar-refractivity contribution in [3.63, 3.8) is 0 Å². The fourth-order valence-corrected chi connectivity index (χ4v) is 4.15. The molecule has 0 fully saturated rings. The summed E-state index contributed by atoms with van der Waals surface area (Å²) in [4.78, 5) is 12.7. The van der Waals surface area contributed by atoms with E-state index in [0.29, 0.717) is 16.8 Å². The molecule has 1 aliphatic carbocycles. The van der Waals surface area contributed by atoms with Crippen LogP contribution >= 0.6 is 0 Å². The van der Waals surface area contributed by atoms with E-state index < -0.39 is 10.0 Å². The molecule has 6 heteroatoms. The largest absolute Gasteiger partial charge is 0.322 e. The number of hydrogen-bond acceptors (Lipinski definition) is 3. The van der Waals surface area contributed by atoms with Gasteiger partial charge >= 0.3 is 0 Å². The van der Waals surface area contributed by atoms with Crippen molar-refractivity contribution >= 4 is 21.6 Å². The lowest BCUT2D eigenvalue weighted by atomic mass is 9.90. The third-order valence-corrected chi connectivity index (χ3v) is 6.17. The molecular weight excluding hydrogens is 336 g/mol. The van der Waals surface area contributed by atoms with Crippen molar-refractivity contribution in [2.75, 3.05) is 12.4 Å². The molecular formula is C19H22N2O3S. The number of hydrogen-bond donors (Lipinski definition) is 2. The molecule has 2 aromatic carbocycles. The van der Waals surface area contributed by atoms with Gasteiger partial charge in [-0.2, -0.15) is 0 Å². The van der Waals surface area contributed by atoms with Crippen LogP contribution in [-0.2, 0) is 22.9 Å². The van der Waals surface area contributed by atoms with Gasteiger partial charge in [-0.05, 0) is 80.6 Å². The molecule has 0 radical (unpaired) electrons. The maximum Gasteiger partial charge on any atom is 0.255 e. The lowest BCUT2D eigenvalue weighted by Gasteiger charge is -2.16. The van der Waals surface area contributed by atoms with Crippen LogP contribution in [0, 0.1) is 6.92 Å². The molecule has 0 unspecified atom stereocenters.